The third kappa shape index (κ3) is 7.73. The van der Waals surface area contributed by atoms with E-state index in [9.17, 15) is 9.90 Å². The van der Waals surface area contributed by atoms with Gasteiger partial charge < -0.3 is 9.84 Å². The number of aromatic nitrogens is 1. The summed E-state index contributed by atoms with van der Waals surface area (Å²) in [5.41, 5.74) is 5.44. The molecule has 5 nitrogen and oxygen atoms in total. The van der Waals surface area contributed by atoms with Crippen molar-refractivity contribution in [3.8, 4) is 11.3 Å². The van der Waals surface area contributed by atoms with Crippen LogP contribution in [0.5, 0.6) is 0 Å². The molecule has 37 heavy (non-hydrogen) atoms. The van der Waals surface area contributed by atoms with E-state index in [0.717, 1.165) is 36.3 Å². The summed E-state index contributed by atoms with van der Waals surface area (Å²) in [4.78, 5) is 18.5. The average molecular weight is 515 g/mol. The molecule has 0 fully saturated rings. The molecule has 0 radical (unpaired) electrons. The number of hydrogen-bond acceptors (Lipinski definition) is 5. The molecule has 0 unspecified atom stereocenters. The zero-order chi connectivity index (χ0) is 26.0. The first-order chi connectivity index (χ1) is 18.0. The highest BCUT2D eigenvalue weighted by Gasteiger charge is 2.15. The normalized spacial score (nSPS) is 11.9. The third-order valence-corrected chi connectivity index (χ3v) is 6.39. The number of pyridine rings is 1. The molecule has 0 saturated carbocycles. The lowest BCUT2D eigenvalue weighted by Crippen LogP contribution is -2.30. The Kier molecular flexibility index (Phi) is 9.44. The number of rotatable bonds is 11. The Morgan fingerprint density at radius 1 is 0.973 bits per heavy atom. The first kappa shape index (κ1) is 26.6. The summed E-state index contributed by atoms with van der Waals surface area (Å²) in [5, 5.41) is 11.5. The molecule has 0 saturated heterocycles. The Morgan fingerprint density at radius 3 is 2.43 bits per heavy atom. The predicted octanol–water partition coefficient (Wildman–Crippen LogP) is 6.36. The van der Waals surface area contributed by atoms with Crippen molar-refractivity contribution in [3.63, 3.8) is 0 Å². The van der Waals surface area contributed by atoms with Crippen LogP contribution in [0.15, 0.2) is 97.2 Å². The second-order valence-corrected chi connectivity index (χ2v) is 9.33. The van der Waals surface area contributed by atoms with Gasteiger partial charge in [0.2, 0.25) is 0 Å². The predicted molar refractivity (Wildman–Crippen MR) is 147 cm³/mol. The smallest absolute Gasteiger partial charge is 0.339 e. The monoisotopic (exact) mass is 514 g/mol. The zero-order valence-corrected chi connectivity index (χ0v) is 21.6. The summed E-state index contributed by atoms with van der Waals surface area (Å²) in [5.74, 6) is -0.363. The highest BCUT2D eigenvalue weighted by molar-refractivity contribution is 6.30. The Bertz CT molecular complexity index is 1280. The maximum Gasteiger partial charge on any atom is 0.339 e. The van der Waals surface area contributed by atoms with Crippen LogP contribution >= 0.6 is 11.6 Å². The fraction of sp³-hybridized carbons (Fsp3) is 0.226. The molecule has 1 heterocycles. The van der Waals surface area contributed by atoms with Crippen LogP contribution in [-0.4, -0.2) is 40.7 Å². The Hall–Kier alpha value is -3.51. The van der Waals surface area contributed by atoms with Gasteiger partial charge in [-0.25, -0.2) is 4.79 Å². The standard InChI is InChI=1S/C31H31ClN2O3/c1-2-37-31(36)27-15-16-29(33-20-27)25-13-11-23(12-14-25)17-18-34(21-24-7-4-3-5-8-24)22-30(35)26-9-6-10-28(32)19-26/h3-16,19-20,30,35H,2,17-18,21-22H2,1H3/t30-/m0/s1. The van der Waals surface area contributed by atoms with Gasteiger partial charge >= 0.3 is 5.97 Å². The van der Waals surface area contributed by atoms with Gasteiger partial charge in [-0.2, -0.15) is 0 Å². The lowest BCUT2D eigenvalue weighted by Gasteiger charge is -2.25. The van der Waals surface area contributed by atoms with Crippen molar-refractivity contribution in [2.24, 2.45) is 0 Å². The van der Waals surface area contributed by atoms with Gasteiger partial charge in [-0.15, -0.1) is 0 Å². The minimum absolute atomic E-state index is 0.338. The molecule has 4 aromatic rings. The topological polar surface area (TPSA) is 62.7 Å². The molecule has 0 amide bonds. The van der Waals surface area contributed by atoms with E-state index >= 15 is 0 Å². The van der Waals surface area contributed by atoms with Crippen LogP contribution in [0, 0.1) is 0 Å². The summed E-state index contributed by atoms with van der Waals surface area (Å²) >= 11 is 6.14. The van der Waals surface area contributed by atoms with E-state index in [1.54, 1.807) is 19.2 Å². The summed E-state index contributed by atoms with van der Waals surface area (Å²) < 4.78 is 5.02. The van der Waals surface area contributed by atoms with Crippen LogP contribution in [0.4, 0.5) is 0 Å². The first-order valence-electron chi connectivity index (χ1n) is 12.4. The number of aliphatic hydroxyl groups excluding tert-OH is 1. The van der Waals surface area contributed by atoms with Crippen molar-refractivity contribution in [1.82, 2.24) is 9.88 Å². The highest BCUT2D eigenvalue weighted by Crippen LogP contribution is 2.21. The van der Waals surface area contributed by atoms with E-state index in [1.165, 1.54) is 11.1 Å². The number of carbonyl (C=O) groups is 1. The molecule has 4 rings (SSSR count). The second-order valence-electron chi connectivity index (χ2n) is 8.89. The number of benzene rings is 3. The van der Waals surface area contributed by atoms with Crippen LogP contribution in [0.25, 0.3) is 11.3 Å². The average Bonchev–Trinajstić information content (AvgIpc) is 2.93. The summed E-state index contributed by atoms with van der Waals surface area (Å²) in [6.45, 7) is 4.16. The van der Waals surface area contributed by atoms with Crippen molar-refractivity contribution < 1.29 is 14.6 Å². The SMILES string of the molecule is CCOC(=O)c1ccc(-c2ccc(CCN(Cc3ccccc3)C[C@H](O)c3cccc(Cl)c3)cc2)nc1. The summed E-state index contributed by atoms with van der Waals surface area (Å²) in [6, 6.07) is 29.6. The van der Waals surface area contributed by atoms with Gasteiger partial charge in [0, 0.05) is 36.4 Å². The summed E-state index contributed by atoms with van der Waals surface area (Å²) in [7, 11) is 0. The largest absolute Gasteiger partial charge is 0.462 e. The third-order valence-electron chi connectivity index (χ3n) is 6.15. The van der Waals surface area contributed by atoms with E-state index < -0.39 is 6.10 Å². The van der Waals surface area contributed by atoms with Crippen molar-refractivity contribution >= 4 is 17.6 Å². The number of aliphatic hydroxyl groups is 1. The summed E-state index contributed by atoms with van der Waals surface area (Å²) in [6.07, 6.45) is 1.76. The van der Waals surface area contributed by atoms with Gasteiger partial charge in [-0.1, -0.05) is 78.3 Å². The minimum Gasteiger partial charge on any atom is -0.462 e. The van der Waals surface area contributed by atoms with Crippen LogP contribution in [0.1, 0.15) is 40.1 Å². The second kappa shape index (κ2) is 13.2. The molecule has 0 aliphatic carbocycles. The molecule has 1 atom stereocenters. The number of halogens is 1. The molecule has 0 spiro atoms. The highest BCUT2D eigenvalue weighted by atomic mass is 35.5. The molecule has 1 N–H and O–H groups in total. The van der Waals surface area contributed by atoms with Crippen LogP contribution in [0.3, 0.4) is 0 Å². The van der Waals surface area contributed by atoms with Crippen LogP contribution in [0.2, 0.25) is 5.02 Å². The Balaban J connectivity index is 1.41. The zero-order valence-electron chi connectivity index (χ0n) is 20.9. The Morgan fingerprint density at radius 2 is 1.76 bits per heavy atom. The number of hydrogen-bond donors (Lipinski definition) is 1. The van der Waals surface area contributed by atoms with Gasteiger partial charge in [-0.05, 0) is 54.3 Å². The fourth-order valence-electron chi connectivity index (χ4n) is 4.17. The first-order valence-corrected chi connectivity index (χ1v) is 12.8. The number of carbonyl (C=O) groups excluding carboxylic acids is 1. The molecule has 190 valence electrons. The van der Waals surface area contributed by atoms with E-state index in [4.69, 9.17) is 16.3 Å². The van der Waals surface area contributed by atoms with Gasteiger partial charge in [-0.3, -0.25) is 9.88 Å². The molecular formula is C31H31ClN2O3. The molecule has 0 aliphatic rings. The van der Waals surface area contributed by atoms with Gasteiger partial charge in [0.25, 0.3) is 0 Å². The van der Waals surface area contributed by atoms with Crippen LogP contribution < -0.4 is 0 Å². The van der Waals surface area contributed by atoms with E-state index in [-0.39, 0.29) is 5.97 Å². The van der Waals surface area contributed by atoms with Crippen LogP contribution in [-0.2, 0) is 17.7 Å². The molecule has 6 heteroatoms. The molecule has 3 aromatic carbocycles. The van der Waals surface area contributed by atoms with Gasteiger partial charge in [0.15, 0.2) is 0 Å². The van der Waals surface area contributed by atoms with E-state index in [0.29, 0.717) is 23.7 Å². The van der Waals surface area contributed by atoms with Crippen molar-refractivity contribution in [2.45, 2.75) is 26.0 Å². The minimum atomic E-state index is -0.631. The molecule has 0 bridgehead atoms. The van der Waals surface area contributed by atoms with Gasteiger partial charge in [0.05, 0.1) is 24.0 Å². The number of nitrogens with zero attached hydrogens (tertiary/aromatic N) is 2. The maximum absolute atomic E-state index is 11.9. The van der Waals surface area contributed by atoms with Gasteiger partial charge in [0.1, 0.15) is 0 Å². The van der Waals surface area contributed by atoms with E-state index in [1.807, 2.05) is 60.7 Å². The maximum atomic E-state index is 11.9. The lowest BCUT2D eigenvalue weighted by molar-refractivity contribution is 0.0526. The molecular weight excluding hydrogens is 484 g/mol. The lowest BCUT2D eigenvalue weighted by atomic mass is 10.0. The van der Waals surface area contributed by atoms with E-state index in [2.05, 4.69) is 34.1 Å². The Labute approximate surface area is 223 Å². The van der Waals surface area contributed by atoms with Crippen molar-refractivity contribution in [1.29, 1.82) is 0 Å². The molecule has 0 aliphatic heterocycles. The van der Waals surface area contributed by atoms with Crippen molar-refractivity contribution in [2.75, 3.05) is 19.7 Å². The number of ether oxygens (including phenoxy) is 1. The van der Waals surface area contributed by atoms with Crippen molar-refractivity contribution in [3.05, 3.63) is 124 Å². The molecule has 1 aromatic heterocycles. The number of esters is 1. The quantitative estimate of drug-likeness (QED) is 0.236. The fourth-order valence-corrected chi connectivity index (χ4v) is 4.37.